The summed E-state index contributed by atoms with van der Waals surface area (Å²) in [6.45, 7) is 3.42. The summed E-state index contributed by atoms with van der Waals surface area (Å²) >= 11 is 6.04. The van der Waals surface area contributed by atoms with Crippen molar-refractivity contribution >= 4 is 39.1 Å². The molecule has 0 aliphatic rings. The summed E-state index contributed by atoms with van der Waals surface area (Å²) in [6, 6.07) is 29.0. The van der Waals surface area contributed by atoms with Crippen LogP contribution in [0.2, 0.25) is 5.02 Å². The van der Waals surface area contributed by atoms with Crippen LogP contribution in [0.25, 0.3) is 0 Å². The van der Waals surface area contributed by atoms with Crippen LogP contribution in [0.3, 0.4) is 0 Å². The fraction of sp³-hybridized carbons (Fsp3) is 0.212. The van der Waals surface area contributed by atoms with Gasteiger partial charge in [-0.15, -0.1) is 0 Å². The van der Waals surface area contributed by atoms with Crippen LogP contribution in [0.5, 0.6) is 0 Å². The predicted octanol–water partition coefficient (Wildman–Crippen LogP) is 5.54. The van der Waals surface area contributed by atoms with Gasteiger partial charge in [0.25, 0.3) is 10.0 Å². The quantitative estimate of drug-likeness (QED) is 0.244. The average molecular weight is 604 g/mol. The fourth-order valence-electron chi connectivity index (χ4n) is 4.64. The molecular weight excluding hydrogens is 570 g/mol. The zero-order valence-electron chi connectivity index (χ0n) is 23.8. The first-order valence-electron chi connectivity index (χ1n) is 13.5. The van der Waals surface area contributed by atoms with E-state index in [-0.39, 0.29) is 23.8 Å². The van der Waals surface area contributed by atoms with Gasteiger partial charge < -0.3 is 10.2 Å². The molecule has 0 spiro atoms. The van der Waals surface area contributed by atoms with Crippen molar-refractivity contribution in [3.63, 3.8) is 0 Å². The number of likely N-dealkylation sites (N-methyl/N-ethyl adjacent to an activating group) is 1. The van der Waals surface area contributed by atoms with Gasteiger partial charge in [-0.05, 0) is 72.5 Å². The highest BCUT2D eigenvalue weighted by Crippen LogP contribution is 2.27. The van der Waals surface area contributed by atoms with Crippen molar-refractivity contribution in [1.82, 2.24) is 10.2 Å². The number of aryl methyl sites for hydroxylation is 2. The lowest BCUT2D eigenvalue weighted by Crippen LogP contribution is -2.53. The molecule has 9 heteroatoms. The van der Waals surface area contributed by atoms with Crippen molar-refractivity contribution in [1.29, 1.82) is 0 Å². The Kier molecular flexibility index (Phi) is 10.0. The van der Waals surface area contributed by atoms with Crippen LogP contribution >= 0.6 is 11.6 Å². The van der Waals surface area contributed by atoms with E-state index in [4.69, 9.17) is 11.6 Å². The Morgan fingerprint density at radius 3 is 1.98 bits per heavy atom. The summed E-state index contributed by atoms with van der Waals surface area (Å²) < 4.78 is 29.2. The number of hydrogen-bond donors (Lipinski definition) is 1. The number of rotatable bonds is 11. The Balaban J connectivity index is 1.79. The number of carbonyl (C=O) groups excluding carboxylic acids is 2. The molecule has 4 aromatic carbocycles. The molecule has 0 aliphatic carbocycles. The molecule has 218 valence electrons. The van der Waals surface area contributed by atoms with E-state index in [1.807, 2.05) is 80.6 Å². The van der Waals surface area contributed by atoms with Crippen molar-refractivity contribution in [3.05, 3.63) is 130 Å². The Hall–Kier alpha value is -4.14. The molecule has 0 saturated heterocycles. The van der Waals surface area contributed by atoms with E-state index in [1.165, 1.54) is 36.2 Å². The van der Waals surface area contributed by atoms with Crippen LogP contribution in [0.1, 0.15) is 22.3 Å². The van der Waals surface area contributed by atoms with Gasteiger partial charge in [-0.3, -0.25) is 13.9 Å². The zero-order valence-corrected chi connectivity index (χ0v) is 25.4. The monoisotopic (exact) mass is 603 g/mol. The van der Waals surface area contributed by atoms with Crippen LogP contribution in [0.15, 0.2) is 108 Å². The first-order valence-corrected chi connectivity index (χ1v) is 15.4. The molecule has 0 aliphatic heterocycles. The average Bonchev–Trinajstić information content (AvgIpc) is 2.99. The number of nitrogens with zero attached hydrogens (tertiary/aromatic N) is 2. The van der Waals surface area contributed by atoms with Gasteiger partial charge in [-0.2, -0.15) is 0 Å². The zero-order chi connectivity index (χ0) is 30.3. The summed E-state index contributed by atoms with van der Waals surface area (Å²) in [4.78, 5) is 29.0. The van der Waals surface area contributed by atoms with E-state index in [0.29, 0.717) is 10.7 Å². The third kappa shape index (κ3) is 7.38. The van der Waals surface area contributed by atoms with E-state index in [2.05, 4.69) is 5.32 Å². The van der Waals surface area contributed by atoms with Gasteiger partial charge in [-0.25, -0.2) is 8.42 Å². The van der Waals surface area contributed by atoms with E-state index in [1.54, 1.807) is 12.1 Å². The van der Waals surface area contributed by atoms with Crippen molar-refractivity contribution in [2.24, 2.45) is 0 Å². The van der Waals surface area contributed by atoms with Crippen molar-refractivity contribution in [2.45, 2.75) is 37.8 Å². The first-order chi connectivity index (χ1) is 20.1. The maximum absolute atomic E-state index is 14.3. The lowest BCUT2D eigenvalue weighted by Gasteiger charge is -2.33. The minimum Gasteiger partial charge on any atom is -0.357 e. The number of hydrogen-bond acceptors (Lipinski definition) is 4. The largest absolute Gasteiger partial charge is 0.357 e. The molecule has 2 amide bonds. The highest BCUT2D eigenvalue weighted by Gasteiger charge is 2.34. The summed E-state index contributed by atoms with van der Waals surface area (Å²) in [6.07, 6.45) is 0.257. The summed E-state index contributed by atoms with van der Waals surface area (Å²) in [7, 11) is -2.66. The molecule has 0 aromatic heterocycles. The fourth-order valence-corrected chi connectivity index (χ4v) is 6.18. The molecule has 4 aromatic rings. The van der Waals surface area contributed by atoms with Crippen molar-refractivity contribution in [2.75, 3.05) is 17.9 Å². The lowest BCUT2D eigenvalue weighted by molar-refractivity contribution is -0.139. The SMILES string of the molecule is CNC(=O)C(Cc1ccccc1)N(Cc1ccccc1)C(=O)CN(c1ccc(C)c(C)c1)S(=O)(=O)c1ccc(Cl)cc1. The smallest absolute Gasteiger partial charge is 0.264 e. The van der Waals surface area contributed by atoms with Gasteiger partial charge in [0.05, 0.1) is 10.6 Å². The highest BCUT2D eigenvalue weighted by molar-refractivity contribution is 7.92. The van der Waals surface area contributed by atoms with Crippen LogP contribution in [0, 0.1) is 13.8 Å². The van der Waals surface area contributed by atoms with E-state index in [0.717, 1.165) is 26.6 Å². The molecule has 0 heterocycles. The number of benzene rings is 4. The predicted molar refractivity (Wildman–Crippen MR) is 167 cm³/mol. The van der Waals surface area contributed by atoms with Crippen LogP contribution in [-0.4, -0.2) is 44.8 Å². The molecule has 7 nitrogen and oxygen atoms in total. The topological polar surface area (TPSA) is 86.8 Å². The van der Waals surface area contributed by atoms with Gasteiger partial charge in [0, 0.05) is 25.0 Å². The Morgan fingerprint density at radius 1 is 0.810 bits per heavy atom. The minimum absolute atomic E-state index is 0.000302. The number of sulfonamides is 1. The molecule has 0 fully saturated rings. The number of halogens is 1. The van der Waals surface area contributed by atoms with Gasteiger partial charge in [0.1, 0.15) is 12.6 Å². The molecule has 0 radical (unpaired) electrons. The maximum Gasteiger partial charge on any atom is 0.264 e. The van der Waals surface area contributed by atoms with Crippen LogP contribution < -0.4 is 9.62 Å². The van der Waals surface area contributed by atoms with Gasteiger partial charge in [-0.1, -0.05) is 78.3 Å². The van der Waals surface area contributed by atoms with Crippen LogP contribution in [-0.2, 0) is 32.6 Å². The molecule has 42 heavy (non-hydrogen) atoms. The number of amides is 2. The molecule has 0 saturated carbocycles. The van der Waals surface area contributed by atoms with Crippen LogP contribution in [0.4, 0.5) is 5.69 Å². The van der Waals surface area contributed by atoms with Crippen molar-refractivity contribution < 1.29 is 18.0 Å². The molecule has 1 N–H and O–H groups in total. The van der Waals surface area contributed by atoms with Gasteiger partial charge in [0.15, 0.2) is 0 Å². The summed E-state index contributed by atoms with van der Waals surface area (Å²) in [5.41, 5.74) is 3.90. The maximum atomic E-state index is 14.3. The van der Waals surface area contributed by atoms with E-state index < -0.39 is 28.5 Å². The molecule has 4 rings (SSSR count). The molecular formula is C33H34ClN3O4S. The second-order valence-corrected chi connectivity index (χ2v) is 12.4. The Bertz CT molecular complexity index is 1630. The second kappa shape index (κ2) is 13.7. The molecule has 1 unspecified atom stereocenters. The van der Waals surface area contributed by atoms with E-state index >= 15 is 0 Å². The molecule has 0 bridgehead atoms. The van der Waals surface area contributed by atoms with Gasteiger partial charge in [0.2, 0.25) is 11.8 Å². The van der Waals surface area contributed by atoms with E-state index in [9.17, 15) is 18.0 Å². The number of carbonyl (C=O) groups is 2. The third-order valence-electron chi connectivity index (χ3n) is 7.17. The Morgan fingerprint density at radius 2 is 1.40 bits per heavy atom. The highest BCUT2D eigenvalue weighted by atomic mass is 35.5. The molecule has 1 atom stereocenters. The lowest BCUT2D eigenvalue weighted by atomic mass is 10.0. The van der Waals surface area contributed by atoms with Gasteiger partial charge >= 0.3 is 0 Å². The Labute approximate surface area is 252 Å². The number of anilines is 1. The summed E-state index contributed by atoms with van der Waals surface area (Å²) in [5, 5.41) is 3.08. The standard InChI is InChI=1S/C33H34ClN3O4S/c1-24-14-17-29(20-25(24)2)37(42(40,41)30-18-15-28(34)16-19-30)23-32(38)36(22-27-12-8-5-9-13-27)31(33(39)35-3)21-26-10-6-4-7-11-26/h4-20,31H,21-23H2,1-3H3,(H,35,39). The second-order valence-electron chi connectivity index (χ2n) is 10.1. The number of nitrogens with one attached hydrogen (secondary N) is 1. The third-order valence-corrected chi connectivity index (χ3v) is 9.21. The normalized spacial score (nSPS) is 11.9. The summed E-state index contributed by atoms with van der Waals surface area (Å²) in [5.74, 6) is -0.861. The first kappa shape index (κ1) is 30.8. The van der Waals surface area contributed by atoms with Crippen molar-refractivity contribution in [3.8, 4) is 0 Å². The minimum atomic E-state index is -4.19.